The molecule has 5 rings (SSSR count). The molecule has 6 nitrogen and oxygen atoms in total. The Morgan fingerprint density at radius 2 is 1.94 bits per heavy atom. The maximum absolute atomic E-state index is 13.3. The molecule has 2 heterocycles. The lowest BCUT2D eigenvalue weighted by Gasteiger charge is -2.27. The molecule has 0 radical (unpaired) electrons. The second-order valence-corrected chi connectivity index (χ2v) is 9.49. The predicted molar refractivity (Wildman–Crippen MR) is 149 cm³/mol. The number of hydrogen-bond acceptors (Lipinski definition) is 6. The number of thiazole rings is 1. The van der Waals surface area contributed by atoms with Crippen molar-refractivity contribution in [2.75, 3.05) is 29.9 Å². The molecule has 0 saturated heterocycles. The number of amides is 1. The minimum Gasteiger partial charge on any atom is -0.370 e. The Morgan fingerprint density at radius 1 is 1.08 bits per heavy atom. The van der Waals surface area contributed by atoms with Gasteiger partial charge in [0.15, 0.2) is 0 Å². The van der Waals surface area contributed by atoms with Crippen molar-refractivity contribution in [1.82, 2.24) is 15.3 Å². The van der Waals surface area contributed by atoms with Crippen LogP contribution in [0, 0.1) is 0 Å². The number of carbonyl (C=O) groups is 1. The van der Waals surface area contributed by atoms with Gasteiger partial charge in [-0.3, -0.25) is 4.79 Å². The fraction of sp³-hybridized carbons (Fsp3) is 0.207. The highest BCUT2D eigenvalue weighted by atomic mass is 32.1. The van der Waals surface area contributed by atoms with Gasteiger partial charge in [0.25, 0.3) is 5.91 Å². The maximum Gasteiger partial charge on any atom is 0.251 e. The fourth-order valence-corrected chi connectivity index (χ4v) is 5.13. The van der Waals surface area contributed by atoms with Gasteiger partial charge in [0.1, 0.15) is 5.82 Å². The highest BCUT2D eigenvalue weighted by Gasteiger charge is 2.18. The van der Waals surface area contributed by atoms with Crippen molar-refractivity contribution in [3.8, 4) is 11.1 Å². The van der Waals surface area contributed by atoms with Gasteiger partial charge >= 0.3 is 0 Å². The van der Waals surface area contributed by atoms with Gasteiger partial charge < -0.3 is 15.5 Å². The van der Waals surface area contributed by atoms with E-state index in [1.807, 2.05) is 60.1 Å². The quantitative estimate of drug-likeness (QED) is 0.369. The number of benzene rings is 2. The van der Waals surface area contributed by atoms with Crippen LogP contribution in [0.4, 0.5) is 11.5 Å². The zero-order valence-electron chi connectivity index (χ0n) is 20.2. The molecule has 0 spiro atoms. The first-order valence-electron chi connectivity index (χ1n) is 12.2. The number of fused-ring (bicyclic) bond motifs is 1. The van der Waals surface area contributed by atoms with Gasteiger partial charge in [-0.2, -0.15) is 0 Å². The van der Waals surface area contributed by atoms with E-state index in [4.69, 9.17) is 0 Å². The molecule has 0 aliphatic heterocycles. The summed E-state index contributed by atoms with van der Waals surface area (Å²) >= 11 is 1.63. The summed E-state index contributed by atoms with van der Waals surface area (Å²) in [6.07, 6.45) is 6.75. The maximum atomic E-state index is 13.3. The van der Waals surface area contributed by atoms with Crippen molar-refractivity contribution >= 4 is 40.9 Å². The predicted octanol–water partition coefficient (Wildman–Crippen LogP) is 3.91. The summed E-state index contributed by atoms with van der Waals surface area (Å²) in [5.41, 5.74) is 5.77. The van der Waals surface area contributed by atoms with Crippen molar-refractivity contribution in [3.63, 3.8) is 0 Å². The lowest BCUT2D eigenvalue weighted by Crippen LogP contribution is -2.39. The summed E-state index contributed by atoms with van der Waals surface area (Å²) in [6, 6.07) is 22.1. The molecular formula is C29H29N5OS. The molecule has 0 bridgehead atoms. The molecule has 7 heteroatoms. The highest BCUT2D eigenvalue weighted by Crippen LogP contribution is 2.32. The van der Waals surface area contributed by atoms with Crippen LogP contribution in [0.3, 0.4) is 0 Å². The molecular weight excluding hydrogens is 466 g/mol. The van der Waals surface area contributed by atoms with Crippen LogP contribution in [0.5, 0.6) is 0 Å². The number of nitrogens with one attached hydrogen (secondary N) is 2. The Balaban J connectivity index is 1.39. The van der Waals surface area contributed by atoms with Crippen LogP contribution in [-0.2, 0) is 0 Å². The summed E-state index contributed by atoms with van der Waals surface area (Å²) < 4.78 is 1.17. The first-order chi connectivity index (χ1) is 17.7. The van der Waals surface area contributed by atoms with E-state index in [0.717, 1.165) is 54.0 Å². The summed E-state index contributed by atoms with van der Waals surface area (Å²) in [6.45, 7) is 4.46. The summed E-state index contributed by atoms with van der Waals surface area (Å²) in [5.74, 6) is 0.778. The molecule has 36 heavy (non-hydrogen) atoms. The van der Waals surface area contributed by atoms with Crippen molar-refractivity contribution in [3.05, 3.63) is 93.9 Å². The Kier molecular flexibility index (Phi) is 7.38. The Labute approximate surface area is 215 Å². The van der Waals surface area contributed by atoms with E-state index in [1.54, 1.807) is 17.5 Å². The van der Waals surface area contributed by atoms with Crippen LogP contribution < -0.4 is 25.4 Å². The third-order valence-electron chi connectivity index (χ3n) is 6.28. The van der Waals surface area contributed by atoms with E-state index in [2.05, 4.69) is 56.7 Å². The van der Waals surface area contributed by atoms with Crippen molar-refractivity contribution in [2.45, 2.75) is 19.4 Å². The molecule has 2 N–H and O–H groups in total. The molecule has 1 amide bonds. The molecule has 0 fully saturated rings. The average molecular weight is 496 g/mol. The van der Waals surface area contributed by atoms with E-state index < -0.39 is 0 Å². The molecule has 2 aromatic heterocycles. The highest BCUT2D eigenvalue weighted by molar-refractivity contribution is 7.07. The van der Waals surface area contributed by atoms with Crippen molar-refractivity contribution < 1.29 is 4.79 Å². The van der Waals surface area contributed by atoms with Crippen LogP contribution in [0.25, 0.3) is 23.3 Å². The number of nitrogens with zero attached hydrogens (tertiary/aromatic N) is 3. The third kappa shape index (κ3) is 5.47. The first kappa shape index (κ1) is 23.8. The zero-order valence-corrected chi connectivity index (χ0v) is 21.0. The van der Waals surface area contributed by atoms with E-state index in [-0.39, 0.29) is 11.9 Å². The fourth-order valence-electron chi connectivity index (χ4n) is 4.42. The third-order valence-corrected chi connectivity index (χ3v) is 7.12. The molecule has 1 aliphatic carbocycles. The van der Waals surface area contributed by atoms with E-state index >= 15 is 0 Å². The van der Waals surface area contributed by atoms with Crippen molar-refractivity contribution in [2.24, 2.45) is 0 Å². The van der Waals surface area contributed by atoms with Gasteiger partial charge in [0.05, 0.1) is 21.4 Å². The van der Waals surface area contributed by atoms with Crippen molar-refractivity contribution in [1.29, 1.82) is 0 Å². The van der Waals surface area contributed by atoms with Gasteiger partial charge in [-0.05, 0) is 49.2 Å². The lowest BCUT2D eigenvalue weighted by atomic mass is 9.99. The molecule has 1 aliphatic rings. The number of anilines is 2. The molecule has 1 unspecified atom stereocenters. The normalized spacial score (nSPS) is 14.2. The molecule has 0 saturated carbocycles. The standard InChI is InChI=1S/C29H29N5OS/c1-2-34(17-16-31-28-10-6-7-15-30-28)26-18-22(11-13-24(26)21-8-4-3-5-9-21)29(35)33-23-12-14-27-25(19-23)32-20-36-27/h3-11,13-15,18-20,23H,2,12,16-17H2,1H3,(H,30,31)(H,33,35). The number of hydrogen-bond donors (Lipinski definition) is 2. The van der Waals surface area contributed by atoms with Gasteiger partial charge in [-0.1, -0.05) is 48.5 Å². The van der Waals surface area contributed by atoms with Gasteiger partial charge in [-0.25, -0.2) is 9.97 Å². The van der Waals surface area contributed by atoms with Crippen LogP contribution >= 0.6 is 11.3 Å². The van der Waals surface area contributed by atoms with Crippen LogP contribution in [0.1, 0.15) is 23.7 Å². The average Bonchev–Trinajstić information content (AvgIpc) is 3.40. The number of rotatable bonds is 9. The molecule has 182 valence electrons. The van der Waals surface area contributed by atoms with Crippen LogP contribution in [-0.4, -0.2) is 41.6 Å². The summed E-state index contributed by atoms with van der Waals surface area (Å²) in [5, 5.41) is 7.52. The monoisotopic (exact) mass is 495 g/mol. The lowest BCUT2D eigenvalue weighted by molar-refractivity contribution is 0.0947. The SMILES string of the molecule is CCN(CCNc1ccccn1)c1cc(C(=O)NC2C=c3ncsc3=CC2)ccc1-c1ccccc1. The van der Waals surface area contributed by atoms with E-state index in [0.29, 0.717) is 5.56 Å². The number of carbonyl (C=O) groups excluding carboxylic acids is 1. The van der Waals surface area contributed by atoms with Gasteiger partial charge in [0.2, 0.25) is 0 Å². The summed E-state index contributed by atoms with van der Waals surface area (Å²) in [4.78, 5) is 24.3. The van der Waals surface area contributed by atoms with Gasteiger partial charge in [-0.15, -0.1) is 11.3 Å². The topological polar surface area (TPSA) is 70.2 Å². The Hall–Kier alpha value is -3.97. The largest absolute Gasteiger partial charge is 0.370 e. The second kappa shape index (κ2) is 11.2. The molecule has 4 aromatic rings. The van der Waals surface area contributed by atoms with E-state index in [1.165, 1.54) is 4.53 Å². The second-order valence-electron chi connectivity index (χ2n) is 8.61. The van der Waals surface area contributed by atoms with Crippen LogP contribution in [0.2, 0.25) is 0 Å². The van der Waals surface area contributed by atoms with Crippen LogP contribution in [0.15, 0.2) is 78.4 Å². The summed E-state index contributed by atoms with van der Waals surface area (Å²) in [7, 11) is 0. The molecule has 1 atom stereocenters. The smallest absolute Gasteiger partial charge is 0.251 e. The molecule has 2 aromatic carbocycles. The van der Waals surface area contributed by atoms with E-state index in [9.17, 15) is 4.79 Å². The minimum atomic E-state index is -0.0770. The first-order valence-corrected chi connectivity index (χ1v) is 13.1. The number of aromatic nitrogens is 2. The number of pyridine rings is 1. The zero-order chi connectivity index (χ0) is 24.7. The van der Waals surface area contributed by atoms with Gasteiger partial charge in [0, 0.05) is 42.6 Å². The minimum absolute atomic E-state index is 0.0609. The number of likely N-dealkylation sites (N-methyl/N-ethyl adjacent to an activating group) is 1. The Bertz CT molecular complexity index is 1440. The Morgan fingerprint density at radius 3 is 2.75 bits per heavy atom.